The molecule has 3 aromatic rings. The van der Waals surface area contributed by atoms with Crippen LogP contribution in [-0.2, 0) is 4.79 Å². The summed E-state index contributed by atoms with van der Waals surface area (Å²) in [7, 11) is 0. The Morgan fingerprint density at radius 3 is 3.00 bits per heavy atom. The van der Waals surface area contributed by atoms with Crippen molar-refractivity contribution >= 4 is 17.7 Å². The van der Waals surface area contributed by atoms with E-state index in [1.54, 1.807) is 6.33 Å². The lowest BCUT2D eigenvalue weighted by Crippen LogP contribution is -2.33. The number of hydrogen-bond donors (Lipinski definition) is 1. The van der Waals surface area contributed by atoms with Gasteiger partial charge in [-0.15, -0.1) is 10.2 Å². The minimum Gasteiger partial charge on any atom is -0.493 e. The SMILES string of the molecule is Cc1ccc(-n2cnnc2SCC(=O)NC2CCOc3ccccc32)c(C)c1. The highest BCUT2D eigenvalue weighted by atomic mass is 32.2. The number of para-hydroxylation sites is 1. The van der Waals surface area contributed by atoms with Crippen LogP contribution in [-0.4, -0.2) is 33.0 Å². The smallest absolute Gasteiger partial charge is 0.230 e. The average Bonchev–Trinajstić information content (AvgIpc) is 3.15. The van der Waals surface area contributed by atoms with Gasteiger partial charge in [0.1, 0.15) is 12.1 Å². The summed E-state index contributed by atoms with van der Waals surface area (Å²) >= 11 is 1.39. The first-order valence-electron chi connectivity index (χ1n) is 9.23. The highest BCUT2D eigenvalue weighted by molar-refractivity contribution is 7.99. The fourth-order valence-corrected chi connectivity index (χ4v) is 4.15. The molecular formula is C21H22N4O2S. The fraction of sp³-hybridized carbons (Fsp3) is 0.286. The molecule has 1 aliphatic heterocycles. The highest BCUT2D eigenvalue weighted by Crippen LogP contribution is 2.31. The maximum atomic E-state index is 12.5. The Balaban J connectivity index is 1.42. The van der Waals surface area contributed by atoms with Gasteiger partial charge in [0.05, 0.1) is 24.1 Å². The number of rotatable bonds is 5. The fourth-order valence-electron chi connectivity index (χ4n) is 3.42. The van der Waals surface area contributed by atoms with Crippen molar-refractivity contribution in [3.63, 3.8) is 0 Å². The van der Waals surface area contributed by atoms with Gasteiger partial charge in [-0.3, -0.25) is 9.36 Å². The molecule has 0 spiro atoms. The van der Waals surface area contributed by atoms with Crippen LogP contribution >= 0.6 is 11.8 Å². The van der Waals surface area contributed by atoms with Crippen LogP contribution in [0.5, 0.6) is 5.75 Å². The normalized spacial score (nSPS) is 15.6. The minimum absolute atomic E-state index is 0.0183. The topological polar surface area (TPSA) is 69.0 Å². The molecule has 7 heteroatoms. The van der Waals surface area contributed by atoms with Crippen molar-refractivity contribution < 1.29 is 9.53 Å². The molecule has 28 heavy (non-hydrogen) atoms. The molecule has 6 nitrogen and oxygen atoms in total. The van der Waals surface area contributed by atoms with Gasteiger partial charge in [0.15, 0.2) is 5.16 Å². The molecule has 4 rings (SSSR count). The van der Waals surface area contributed by atoms with Crippen LogP contribution in [0.4, 0.5) is 0 Å². The molecule has 2 heterocycles. The van der Waals surface area contributed by atoms with E-state index < -0.39 is 0 Å². The van der Waals surface area contributed by atoms with E-state index in [1.807, 2.05) is 28.8 Å². The van der Waals surface area contributed by atoms with Gasteiger partial charge < -0.3 is 10.1 Å². The van der Waals surface area contributed by atoms with Crippen molar-refractivity contribution in [2.24, 2.45) is 0 Å². The zero-order valence-electron chi connectivity index (χ0n) is 15.9. The van der Waals surface area contributed by atoms with E-state index in [-0.39, 0.29) is 17.7 Å². The highest BCUT2D eigenvalue weighted by Gasteiger charge is 2.23. The lowest BCUT2D eigenvalue weighted by molar-refractivity contribution is -0.119. The first-order chi connectivity index (χ1) is 13.6. The second-order valence-electron chi connectivity index (χ2n) is 6.86. The summed E-state index contributed by atoms with van der Waals surface area (Å²) in [6.07, 6.45) is 2.46. The van der Waals surface area contributed by atoms with E-state index in [1.165, 1.54) is 17.3 Å². The van der Waals surface area contributed by atoms with Gasteiger partial charge in [-0.1, -0.05) is 47.7 Å². The Labute approximate surface area is 168 Å². The minimum atomic E-state index is -0.0260. The van der Waals surface area contributed by atoms with Crippen LogP contribution in [0.1, 0.15) is 29.2 Å². The number of aryl methyl sites for hydroxylation is 2. The lowest BCUT2D eigenvalue weighted by atomic mass is 10.0. The number of nitrogens with one attached hydrogen (secondary N) is 1. The van der Waals surface area contributed by atoms with Gasteiger partial charge in [-0.05, 0) is 31.5 Å². The van der Waals surface area contributed by atoms with E-state index in [0.717, 1.165) is 29.0 Å². The summed E-state index contributed by atoms with van der Waals surface area (Å²) in [6, 6.07) is 14.1. The molecule has 1 aromatic heterocycles. The molecule has 0 aliphatic carbocycles. The maximum absolute atomic E-state index is 12.5. The van der Waals surface area contributed by atoms with Crippen LogP contribution in [0.2, 0.25) is 0 Å². The predicted octanol–water partition coefficient (Wildman–Crippen LogP) is 3.62. The van der Waals surface area contributed by atoms with E-state index in [0.29, 0.717) is 11.8 Å². The zero-order chi connectivity index (χ0) is 19.5. The van der Waals surface area contributed by atoms with Crippen LogP contribution in [0, 0.1) is 13.8 Å². The van der Waals surface area contributed by atoms with Gasteiger partial charge in [-0.25, -0.2) is 0 Å². The Hall–Kier alpha value is -2.80. The van der Waals surface area contributed by atoms with Gasteiger partial charge in [0.25, 0.3) is 0 Å². The van der Waals surface area contributed by atoms with Crippen LogP contribution in [0.3, 0.4) is 0 Å². The third kappa shape index (κ3) is 3.89. The van der Waals surface area contributed by atoms with Crippen LogP contribution < -0.4 is 10.1 Å². The molecule has 0 fully saturated rings. The first kappa shape index (κ1) is 18.6. The van der Waals surface area contributed by atoms with Crippen molar-refractivity contribution in [3.8, 4) is 11.4 Å². The Bertz CT molecular complexity index is 1000. The molecule has 0 saturated carbocycles. The standard InChI is InChI=1S/C21H22N4O2S/c1-14-7-8-18(15(2)11-14)25-13-22-24-21(25)28-12-20(26)23-17-9-10-27-19-6-4-3-5-16(17)19/h3-8,11,13,17H,9-10,12H2,1-2H3,(H,23,26). The summed E-state index contributed by atoms with van der Waals surface area (Å²) in [5.74, 6) is 1.10. The second kappa shape index (κ2) is 8.06. The van der Waals surface area contributed by atoms with E-state index in [2.05, 4.69) is 47.6 Å². The Morgan fingerprint density at radius 1 is 1.29 bits per heavy atom. The first-order valence-corrected chi connectivity index (χ1v) is 10.2. The molecule has 1 aliphatic rings. The lowest BCUT2D eigenvalue weighted by Gasteiger charge is -2.26. The van der Waals surface area contributed by atoms with Crippen molar-refractivity contribution in [3.05, 3.63) is 65.5 Å². The number of ether oxygens (including phenoxy) is 1. The second-order valence-corrected chi connectivity index (χ2v) is 7.80. The van der Waals surface area contributed by atoms with Crippen LogP contribution in [0.15, 0.2) is 53.9 Å². The van der Waals surface area contributed by atoms with Gasteiger partial charge >= 0.3 is 0 Å². The number of aromatic nitrogens is 3. The summed E-state index contributed by atoms with van der Waals surface area (Å²) in [4.78, 5) is 12.5. The average molecular weight is 395 g/mol. The quantitative estimate of drug-likeness (QED) is 0.670. The summed E-state index contributed by atoms with van der Waals surface area (Å²) < 4.78 is 7.59. The molecule has 0 radical (unpaired) electrons. The van der Waals surface area contributed by atoms with E-state index in [4.69, 9.17) is 4.74 Å². The zero-order valence-corrected chi connectivity index (χ0v) is 16.7. The molecule has 1 unspecified atom stereocenters. The van der Waals surface area contributed by atoms with Gasteiger partial charge in [0, 0.05) is 12.0 Å². The van der Waals surface area contributed by atoms with Crippen molar-refractivity contribution in [2.75, 3.05) is 12.4 Å². The Kier molecular flexibility index (Phi) is 5.34. The number of hydrogen-bond acceptors (Lipinski definition) is 5. The number of fused-ring (bicyclic) bond motifs is 1. The maximum Gasteiger partial charge on any atom is 0.230 e. The number of amides is 1. The molecule has 2 aromatic carbocycles. The molecule has 1 N–H and O–H groups in total. The summed E-state index contributed by atoms with van der Waals surface area (Å²) in [5, 5.41) is 12.0. The molecule has 0 saturated heterocycles. The molecule has 144 valence electrons. The molecular weight excluding hydrogens is 372 g/mol. The molecule has 1 atom stereocenters. The van der Waals surface area contributed by atoms with Crippen molar-refractivity contribution in [1.82, 2.24) is 20.1 Å². The third-order valence-electron chi connectivity index (χ3n) is 4.75. The number of carbonyl (C=O) groups is 1. The Morgan fingerprint density at radius 2 is 2.14 bits per heavy atom. The number of carbonyl (C=O) groups excluding carboxylic acids is 1. The van der Waals surface area contributed by atoms with Crippen molar-refractivity contribution in [2.45, 2.75) is 31.5 Å². The number of thioether (sulfide) groups is 1. The van der Waals surface area contributed by atoms with Gasteiger partial charge in [-0.2, -0.15) is 0 Å². The summed E-state index contributed by atoms with van der Waals surface area (Å²) in [6.45, 7) is 4.74. The summed E-state index contributed by atoms with van der Waals surface area (Å²) in [5.41, 5.74) is 4.41. The monoisotopic (exact) mass is 394 g/mol. The molecule has 0 bridgehead atoms. The number of benzene rings is 2. The molecule has 1 amide bonds. The van der Waals surface area contributed by atoms with E-state index in [9.17, 15) is 4.79 Å². The van der Waals surface area contributed by atoms with E-state index >= 15 is 0 Å². The third-order valence-corrected chi connectivity index (χ3v) is 5.70. The largest absolute Gasteiger partial charge is 0.493 e. The predicted molar refractivity (Wildman–Crippen MR) is 109 cm³/mol. The van der Waals surface area contributed by atoms with Crippen molar-refractivity contribution in [1.29, 1.82) is 0 Å². The van der Waals surface area contributed by atoms with Gasteiger partial charge in [0.2, 0.25) is 5.91 Å². The van der Waals surface area contributed by atoms with Crippen LogP contribution in [0.25, 0.3) is 5.69 Å². The number of nitrogens with zero attached hydrogens (tertiary/aromatic N) is 3.